The van der Waals surface area contributed by atoms with E-state index in [4.69, 9.17) is 0 Å². The first-order valence-electron chi connectivity index (χ1n) is 6.04. The zero-order chi connectivity index (χ0) is 11.8. The summed E-state index contributed by atoms with van der Waals surface area (Å²) in [6.45, 7) is 3.63. The molecule has 0 spiro atoms. The molecule has 1 aromatic carbocycles. The molecule has 0 amide bonds. The number of para-hydroxylation sites is 1. The van der Waals surface area contributed by atoms with Crippen molar-refractivity contribution in [2.24, 2.45) is 0 Å². The molecule has 3 rings (SSSR count). The Labute approximate surface area is 100 Å². The van der Waals surface area contributed by atoms with Crippen molar-refractivity contribution in [2.75, 3.05) is 13.1 Å². The lowest BCUT2D eigenvalue weighted by molar-refractivity contribution is 0.173. The maximum Gasteiger partial charge on any atom is 0.109 e. The summed E-state index contributed by atoms with van der Waals surface area (Å²) in [5.41, 5.74) is 4.30. The molecule has 3 nitrogen and oxygen atoms in total. The molecule has 88 valence electrons. The Morgan fingerprint density at radius 3 is 3.06 bits per heavy atom. The maximum absolute atomic E-state index is 10.1. The molecule has 1 aromatic heterocycles. The first-order chi connectivity index (χ1) is 8.27. The van der Waals surface area contributed by atoms with Gasteiger partial charge in [0.2, 0.25) is 0 Å². The van der Waals surface area contributed by atoms with Gasteiger partial charge in [-0.1, -0.05) is 18.2 Å². The summed E-state index contributed by atoms with van der Waals surface area (Å²) < 4.78 is 0. The number of hydrogen-bond acceptors (Lipinski definition) is 3. The highest BCUT2D eigenvalue weighted by atomic mass is 16.3. The van der Waals surface area contributed by atoms with E-state index in [-0.39, 0.29) is 0 Å². The quantitative estimate of drug-likeness (QED) is 0.721. The Kier molecular flexibility index (Phi) is 2.57. The highest BCUT2D eigenvalue weighted by Gasteiger charge is 2.20. The van der Waals surface area contributed by atoms with E-state index >= 15 is 0 Å². The van der Waals surface area contributed by atoms with E-state index in [1.807, 2.05) is 18.2 Å². The molecular weight excluding hydrogens is 212 g/mol. The van der Waals surface area contributed by atoms with Crippen molar-refractivity contribution in [1.29, 1.82) is 0 Å². The fraction of sp³-hybridized carbons (Fsp3) is 0.357. The number of aryl methyl sites for hydroxylation is 1. The summed E-state index contributed by atoms with van der Waals surface area (Å²) in [6, 6.07) is 8.13. The van der Waals surface area contributed by atoms with E-state index < -0.39 is 6.10 Å². The van der Waals surface area contributed by atoms with E-state index in [0.717, 1.165) is 24.2 Å². The van der Waals surface area contributed by atoms with Gasteiger partial charge >= 0.3 is 0 Å². The zero-order valence-electron chi connectivity index (χ0n) is 9.90. The van der Waals surface area contributed by atoms with Crippen LogP contribution in [0.15, 0.2) is 24.3 Å². The zero-order valence-corrected chi connectivity index (χ0v) is 9.90. The molecule has 17 heavy (non-hydrogen) atoms. The lowest BCUT2D eigenvalue weighted by atomic mass is 9.98. The van der Waals surface area contributed by atoms with Crippen LogP contribution in [0.3, 0.4) is 0 Å². The van der Waals surface area contributed by atoms with Gasteiger partial charge in [-0.2, -0.15) is 0 Å². The Morgan fingerprint density at radius 2 is 2.18 bits per heavy atom. The molecule has 0 aliphatic carbocycles. The fourth-order valence-electron chi connectivity index (χ4n) is 2.58. The molecule has 0 bridgehead atoms. The summed E-state index contributed by atoms with van der Waals surface area (Å²) in [7, 11) is 0. The highest BCUT2D eigenvalue weighted by molar-refractivity contribution is 5.83. The second kappa shape index (κ2) is 4.09. The molecule has 0 radical (unpaired) electrons. The third kappa shape index (κ3) is 1.72. The molecular formula is C14H16N2O. The van der Waals surface area contributed by atoms with Crippen molar-refractivity contribution >= 4 is 10.9 Å². The minimum absolute atomic E-state index is 0.490. The summed E-state index contributed by atoms with van der Waals surface area (Å²) in [4.78, 5) is 4.63. The number of nitrogens with zero attached hydrogens (tertiary/aromatic N) is 1. The molecule has 2 N–H and O–H groups in total. The number of aliphatic hydroxyl groups is 1. The highest BCUT2D eigenvalue weighted by Crippen LogP contribution is 2.27. The van der Waals surface area contributed by atoms with Gasteiger partial charge in [0.05, 0.1) is 11.2 Å². The van der Waals surface area contributed by atoms with E-state index in [1.165, 1.54) is 16.5 Å². The van der Waals surface area contributed by atoms with Crippen molar-refractivity contribution in [2.45, 2.75) is 19.4 Å². The van der Waals surface area contributed by atoms with E-state index in [2.05, 4.69) is 23.3 Å². The molecule has 2 heterocycles. The van der Waals surface area contributed by atoms with Crippen molar-refractivity contribution in [3.63, 3.8) is 0 Å². The Morgan fingerprint density at radius 1 is 1.35 bits per heavy atom. The molecule has 1 aliphatic heterocycles. The summed E-state index contributed by atoms with van der Waals surface area (Å²) >= 11 is 0. The average molecular weight is 228 g/mol. The van der Waals surface area contributed by atoms with Crippen LogP contribution >= 0.6 is 0 Å². The van der Waals surface area contributed by atoms with Gasteiger partial charge in [-0.05, 0) is 37.1 Å². The van der Waals surface area contributed by atoms with Crippen molar-refractivity contribution < 1.29 is 5.11 Å². The van der Waals surface area contributed by atoms with E-state index in [0.29, 0.717) is 6.54 Å². The van der Waals surface area contributed by atoms with Crippen LogP contribution in [-0.4, -0.2) is 23.2 Å². The second-order valence-electron chi connectivity index (χ2n) is 4.59. The third-order valence-corrected chi connectivity index (χ3v) is 3.52. The lowest BCUT2D eigenvalue weighted by Gasteiger charge is -2.14. The van der Waals surface area contributed by atoms with Gasteiger partial charge < -0.3 is 10.4 Å². The van der Waals surface area contributed by atoms with Gasteiger partial charge in [0, 0.05) is 11.9 Å². The van der Waals surface area contributed by atoms with Gasteiger partial charge in [0.25, 0.3) is 0 Å². The van der Waals surface area contributed by atoms with Gasteiger partial charge in [0.15, 0.2) is 0 Å². The van der Waals surface area contributed by atoms with Crippen LogP contribution in [0, 0.1) is 6.92 Å². The monoisotopic (exact) mass is 228 g/mol. The summed E-state index contributed by atoms with van der Waals surface area (Å²) in [5, 5.41) is 14.5. The van der Waals surface area contributed by atoms with Crippen LogP contribution in [0.25, 0.3) is 10.9 Å². The summed E-state index contributed by atoms with van der Waals surface area (Å²) in [5.74, 6) is 0. The molecule has 1 aliphatic rings. The van der Waals surface area contributed by atoms with Crippen LogP contribution in [0.1, 0.15) is 22.9 Å². The number of fused-ring (bicyclic) bond motifs is 2. The largest absolute Gasteiger partial charge is 0.385 e. The molecule has 0 fully saturated rings. The number of aliphatic hydroxyl groups excluding tert-OH is 1. The molecule has 0 unspecified atom stereocenters. The minimum atomic E-state index is -0.490. The third-order valence-electron chi connectivity index (χ3n) is 3.52. The lowest BCUT2D eigenvalue weighted by Crippen LogP contribution is -2.20. The second-order valence-corrected chi connectivity index (χ2v) is 4.59. The average Bonchev–Trinajstić information content (AvgIpc) is 2.53. The maximum atomic E-state index is 10.1. The number of pyridine rings is 1. The Bertz CT molecular complexity index is 565. The van der Waals surface area contributed by atoms with Gasteiger partial charge in [-0.3, -0.25) is 0 Å². The van der Waals surface area contributed by atoms with Gasteiger partial charge in [0.1, 0.15) is 6.10 Å². The normalized spacial score (nSPS) is 20.0. The molecule has 0 saturated carbocycles. The van der Waals surface area contributed by atoms with Crippen LogP contribution < -0.4 is 5.32 Å². The van der Waals surface area contributed by atoms with Crippen molar-refractivity contribution in [3.05, 3.63) is 41.1 Å². The minimum Gasteiger partial charge on any atom is -0.385 e. The SMILES string of the molecule is Cc1c2c(nc3ccccc13)[C@H](O)CNCC2. The van der Waals surface area contributed by atoms with Crippen LogP contribution in [0.2, 0.25) is 0 Å². The number of aromatic nitrogens is 1. The smallest absolute Gasteiger partial charge is 0.109 e. The van der Waals surface area contributed by atoms with Gasteiger partial charge in [-0.25, -0.2) is 4.98 Å². The van der Waals surface area contributed by atoms with Gasteiger partial charge in [-0.15, -0.1) is 0 Å². The molecule has 2 aromatic rings. The number of β-amino-alcohol motifs (C(OH)–C–C–N with tert-alkyl or cyclic N) is 1. The van der Waals surface area contributed by atoms with Crippen LogP contribution in [0.4, 0.5) is 0 Å². The van der Waals surface area contributed by atoms with Crippen LogP contribution in [-0.2, 0) is 6.42 Å². The molecule has 3 heteroatoms. The predicted octanol–water partition coefficient (Wildman–Crippen LogP) is 1.72. The Balaban J connectivity index is 2.31. The van der Waals surface area contributed by atoms with E-state index in [1.54, 1.807) is 0 Å². The summed E-state index contributed by atoms with van der Waals surface area (Å²) in [6.07, 6.45) is 0.451. The Hall–Kier alpha value is -1.45. The molecule has 0 saturated heterocycles. The number of hydrogen-bond donors (Lipinski definition) is 2. The number of rotatable bonds is 0. The first-order valence-corrected chi connectivity index (χ1v) is 6.04. The van der Waals surface area contributed by atoms with Crippen molar-refractivity contribution in [3.8, 4) is 0 Å². The number of benzene rings is 1. The predicted molar refractivity (Wildman–Crippen MR) is 68.0 cm³/mol. The van der Waals surface area contributed by atoms with Crippen molar-refractivity contribution in [1.82, 2.24) is 10.3 Å². The topological polar surface area (TPSA) is 45.2 Å². The fourth-order valence-corrected chi connectivity index (χ4v) is 2.58. The van der Waals surface area contributed by atoms with Crippen LogP contribution in [0.5, 0.6) is 0 Å². The van der Waals surface area contributed by atoms with E-state index in [9.17, 15) is 5.11 Å². The first kappa shape index (κ1) is 10.7. The standard InChI is InChI=1S/C14H16N2O/c1-9-10-4-2-3-5-12(10)16-14-11(9)6-7-15-8-13(14)17/h2-5,13,15,17H,6-8H2,1H3/t13-/m1/s1. The number of nitrogens with one attached hydrogen (secondary N) is 1. The molecule has 1 atom stereocenters.